The van der Waals surface area contributed by atoms with Crippen molar-refractivity contribution in [2.75, 3.05) is 18.2 Å². The van der Waals surface area contributed by atoms with E-state index in [1.807, 2.05) is 30.3 Å². The van der Waals surface area contributed by atoms with Crippen molar-refractivity contribution in [3.63, 3.8) is 0 Å². The first kappa shape index (κ1) is 16.8. The second-order valence-electron chi connectivity index (χ2n) is 5.07. The van der Waals surface area contributed by atoms with E-state index in [2.05, 4.69) is 20.3 Å². The number of nitrogens with zero attached hydrogens (tertiary/aromatic N) is 3. The summed E-state index contributed by atoms with van der Waals surface area (Å²) in [4.78, 5) is 12.1. The number of pyridine rings is 1. The summed E-state index contributed by atoms with van der Waals surface area (Å²) < 4.78 is 10.8. The summed E-state index contributed by atoms with van der Waals surface area (Å²) in [5, 5.41) is 3.40. The molecule has 2 heterocycles. The molecule has 0 aliphatic heterocycles. The Morgan fingerprint density at radius 2 is 1.84 bits per heavy atom. The Balaban J connectivity index is 1.59. The minimum Gasteiger partial charge on any atom is -0.497 e. The smallest absolute Gasteiger partial charge is 0.223 e. The van der Waals surface area contributed by atoms with Gasteiger partial charge in [-0.05, 0) is 29.8 Å². The van der Waals surface area contributed by atoms with Crippen LogP contribution in [0.2, 0.25) is 5.15 Å². The van der Waals surface area contributed by atoms with E-state index in [0.29, 0.717) is 24.0 Å². The van der Waals surface area contributed by atoms with Gasteiger partial charge in [0, 0.05) is 24.9 Å². The van der Waals surface area contributed by atoms with E-state index in [9.17, 15) is 0 Å². The van der Waals surface area contributed by atoms with Crippen LogP contribution in [0.15, 0.2) is 48.7 Å². The van der Waals surface area contributed by atoms with E-state index in [1.165, 1.54) is 0 Å². The third-order valence-corrected chi connectivity index (χ3v) is 3.46. The molecular formula is C17H16ClN5O2. The molecule has 25 heavy (non-hydrogen) atoms. The van der Waals surface area contributed by atoms with E-state index in [1.54, 1.807) is 25.4 Å². The second-order valence-corrected chi connectivity index (χ2v) is 5.46. The first-order chi connectivity index (χ1) is 12.1. The Morgan fingerprint density at radius 3 is 2.48 bits per heavy atom. The molecule has 3 rings (SSSR count). The van der Waals surface area contributed by atoms with Gasteiger partial charge in [0.1, 0.15) is 22.5 Å². The average molecular weight is 358 g/mol. The van der Waals surface area contributed by atoms with Gasteiger partial charge in [-0.1, -0.05) is 17.7 Å². The van der Waals surface area contributed by atoms with Crippen LogP contribution < -0.4 is 20.5 Å². The molecule has 0 atom stereocenters. The minimum atomic E-state index is 0.122. The molecule has 0 radical (unpaired) electrons. The topological polar surface area (TPSA) is 95.2 Å². The molecule has 7 nitrogen and oxygen atoms in total. The maximum absolute atomic E-state index is 5.84. The summed E-state index contributed by atoms with van der Waals surface area (Å²) in [6, 6.07) is 12.6. The Bertz CT molecular complexity index is 820. The highest BCUT2D eigenvalue weighted by Crippen LogP contribution is 2.22. The summed E-state index contributed by atoms with van der Waals surface area (Å²) >= 11 is 5.84. The number of methoxy groups -OCH3 is 1. The van der Waals surface area contributed by atoms with E-state index in [-0.39, 0.29) is 11.1 Å². The highest BCUT2D eigenvalue weighted by Gasteiger charge is 2.03. The number of nitrogens with two attached hydrogens (primary N) is 1. The Morgan fingerprint density at radius 1 is 1.08 bits per heavy atom. The number of hydrogen-bond donors (Lipinski definition) is 2. The predicted molar refractivity (Wildman–Crippen MR) is 96.1 cm³/mol. The van der Waals surface area contributed by atoms with Crippen LogP contribution in [0.5, 0.6) is 17.4 Å². The van der Waals surface area contributed by atoms with E-state index in [0.717, 1.165) is 11.3 Å². The van der Waals surface area contributed by atoms with Crippen molar-refractivity contribution in [1.82, 2.24) is 15.0 Å². The molecule has 2 aromatic heterocycles. The van der Waals surface area contributed by atoms with Gasteiger partial charge in [0.15, 0.2) is 0 Å². The lowest BCUT2D eigenvalue weighted by Crippen LogP contribution is -2.04. The fraction of sp³-hybridized carbons (Fsp3) is 0.118. The van der Waals surface area contributed by atoms with Crippen LogP contribution in [0.1, 0.15) is 5.56 Å². The van der Waals surface area contributed by atoms with Crippen LogP contribution >= 0.6 is 11.6 Å². The molecule has 0 unspecified atom stereocenters. The van der Waals surface area contributed by atoms with Crippen LogP contribution in [-0.2, 0) is 6.54 Å². The zero-order chi connectivity index (χ0) is 17.6. The van der Waals surface area contributed by atoms with Crippen LogP contribution in [0.3, 0.4) is 0 Å². The van der Waals surface area contributed by atoms with Crippen molar-refractivity contribution in [3.8, 4) is 17.4 Å². The molecular weight excluding hydrogens is 342 g/mol. The minimum absolute atomic E-state index is 0.122. The molecule has 0 saturated carbocycles. The third-order valence-electron chi connectivity index (χ3n) is 3.27. The van der Waals surface area contributed by atoms with Gasteiger partial charge in [-0.2, -0.15) is 4.98 Å². The number of benzene rings is 1. The van der Waals surface area contributed by atoms with Crippen molar-refractivity contribution in [1.29, 1.82) is 0 Å². The number of nitrogens with one attached hydrogen (secondary N) is 1. The van der Waals surface area contributed by atoms with Gasteiger partial charge in [0.05, 0.1) is 7.11 Å². The van der Waals surface area contributed by atoms with Crippen LogP contribution in [0.25, 0.3) is 0 Å². The van der Waals surface area contributed by atoms with Crippen molar-refractivity contribution in [2.24, 2.45) is 0 Å². The number of rotatable bonds is 6. The average Bonchev–Trinajstić information content (AvgIpc) is 2.61. The molecule has 1 aromatic carbocycles. The van der Waals surface area contributed by atoms with Gasteiger partial charge < -0.3 is 20.5 Å². The number of ether oxygens (including phenoxy) is 2. The number of nitrogen functional groups attached to an aromatic ring is 1. The molecule has 3 aromatic rings. The zero-order valence-electron chi connectivity index (χ0n) is 13.4. The van der Waals surface area contributed by atoms with E-state index >= 15 is 0 Å². The van der Waals surface area contributed by atoms with Crippen LogP contribution in [-0.4, -0.2) is 22.1 Å². The molecule has 0 amide bonds. The normalized spacial score (nSPS) is 10.3. The largest absolute Gasteiger partial charge is 0.497 e. The van der Waals surface area contributed by atoms with Crippen molar-refractivity contribution in [3.05, 3.63) is 59.4 Å². The highest BCUT2D eigenvalue weighted by atomic mass is 35.5. The van der Waals surface area contributed by atoms with Gasteiger partial charge in [-0.3, -0.25) is 0 Å². The standard InChI is InChI=1S/C17H16ClN5O2/c1-24-12-3-5-13(6-4-12)25-16-7-2-11(10-21-16)9-20-15-8-14(18)22-17(19)23-15/h2-8,10H,9H2,1H3,(H3,19,20,22,23). The SMILES string of the molecule is COc1ccc(Oc2ccc(CNc3cc(Cl)nc(N)n3)cn2)cc1. The Labute approximate surface area is 149 Å². The molecule has 128 valence electrons. The quantitative estimate of drug-likeness (QED) is 0.651. The predicted octanol–water partition coefficient (Wildman–Crippen LogP) is 3.52. The van der Waals surface area contributed by atoms with E-state index < -0.39 is 0 Å². The lowest BCUT2D eigenvalue weighted by atomic mass is 10.3. The molecule has 0 aliphatic rings. The first-order valence-electron chi connectivity index (χ1n) is 7.43. The van der Waals surface area contributed by atoms with Gasteiger partial charge in [0.25, 0.3) is 0 Å². The van der Waals surface area contributed by atoms with E-state index in [4.69, 9.17) is 26.8 Å². The molecule has 0 fully saturated rings. The van der Waals surface area contributed by atoms with Crippen LogP contribution in [0, 0.1) is 0 Å². The monoisotopic (exact) mass is 357 g/mol. The van der Waals surface area contributed by atoms with Crippen molar-refractivity contribution in [2.45, 2.75) is 6.54 Å². The maximum Gasteiger partial charge on any atom is 0.223 e. The van der Waals surface area contributed by atoms with Gasteiger partial charge >= 0.3 is 0 Å². The number of hydrogen-bond acceptors (Lipinski definition) is 7. The van der Waals surface area contributed by atoms with Gasteiger partial charge in [0.2, 0.25) is 11.8 Å². The molecule has 0 aliphatic carbocycles. The summed E-state index contributed by atoms with van der Waals surface area (Å²) in [6.45, 7) is 0.516. The molecule has 0 spiro atoms. The summed E-state index contributed by atoms with van der Waals surface area (Å²) in [5.74, 6) is 2.63. The fourth-order valence-corrected chi connectivity index (χ4v) is 2.25. The number of aromatic nitrogens is 3. The molecule has 0 bridgehead atoms. The van der Waals surface area contributed by atoms with Gasteiger partial charge in [-0.25, -0.2) is 9.97 Å². The maximum atomic E-state index is 5.84. The zero-order valence-corrected chi connectivity index (χ0v) is 14.2. The lowest BCUT2D eigenvalue weighted by Gasteiger charge is -2.08. The molecule has 3 N–H and O–H groups in total. The summed E-state index contributed by atoms with van der Waals surface area (Å²) in [6.07, 6.45) is 1.72. The number of halogens is 1. The van der Waals surface area contributed by atoms with Gasteiger partial charge in [-0.15, -0.1) is 0 Å². The summed E-state index contributed by atoms with van der Waals surface area (Å²) in [7, 11) is 1.62. The molecule has 0 saturated heterocycles. The Kier molecular flexibility index (Phi) is 5.15. The van der Waals surface area contributed by atoms with Crippen molar-refractivity contribution >= 4 is 23.4 Å². The fourth-order valence-electron chi connectivity index (χ4n) is 2.06. The third kappa shape index (κ3) is 4.71. The number of anilines is 2. The molecule has 8 heteroatoms. The summed E-state index contributed by atoms with van der Waals surface area (Å²) in [5.41, 5.74) is 6.51. The van der Waals surface area contributed by atoms with Crippen LogP contribution in [0.4, 0.5) is 11.8 Å². The second kappa shape index (κ2) is 7.67. The highest BCUT2D eigenvalue weighted by molar-refractivity contribution is 6.29. The lowest BCUT2D eigenvalue weighted by molar-refractivity contribution is 0.412. The first-order valence-corrected chi connectivity index (χ1v) is 7.81. The Hall–Kier alpha value is -3.06. The van der Waals surface area contributed by atoms with Crippen molar-refractivity contribution < 1.29 is 9.47 Å².